The van der Waals surface area contributed by atoms with E-state index in [1.807, 2.05) is 18.2 Å². The fraction of sp³-hybridized carbons (Fsp3) is 0.533. The Balaban J connectivity index is 1.51. The lowest BCUT2D eigenvalue weighted by Gasteiger charge is -2.09. The molecule has 0 bridgehead atoms. The standard InChI is InChI=1S/C15H20N2O2/c16-14-6-3-11-7-12(4-5-13(11)14)19-9-15(18)17-8-10-1-2-10/h4-5,7,10,14H,1-3,6,8-9,16H2,(H,17,18)/t14-/m0/s1. The Morgan fingerprint density at radius 1 is 1.37 bits per heavy atom. The molecule has 1 saturated carbocycles. The third kappa shape index (κ3) is 3.07. The molecule has 1 atom stereocenters. The van der Waals surface area contributed by atoms with Crippen LogP contribution in [0.3, 0.4) is 0 Å². The molecule has 0 saturated heterocycles. The molecule has 0 aromatic heterocycles. The zero-order valence-corrected chi connectivity index (χ0v) is 11.0. The fourth-order valence-corrected chi connectivity index (χ4v) is 2.50. The van der Waals surface area contributed by atoms with Crippen LogP contribution in [0.2, 0.25) is 0 Å². The van der Waals surface area contributed by atoms with Crippen molar-refractivity contribution in [3.8, 4) is 5.75 Å². The molecule has 4 nitrogen and oxygen atoms in total. The summed E-state index contributed by atoms with van der Waals surface area (Å²) in [5, 5.41) is 2.89. The molecule has 102 valence electrons. The largest absolute Gasteiger partial charge is 0.484 e. The number of amides is 1. The van der Waals surface area contributed by atoms with E-state index in [-0.39, 0.29) is 18.6 Å². The van der Waals surface area contributed by atoms with E-state index in [0.717, 1.165) is 25.1 Å². The minimum atomic E-state index is -0.0379. The van der Waals surface area contributed by atoms with Gasteiger partial charge < -0.3 is 15.8 Å². The van der Waals surface area contributed by atoms with Crippen LogP contribution in [0.1, 0.15) is 36.4 Å². The highest BCUT2D eigenvalue weighted by Gasteiger charge is 2.22. The molecule has 3 rings (SSSR count). The molecule has 0 aliphatic heterocycles. The molecular formula is C15H20N2O2. The van der Waals surface area contributed by atoms with Gasteiger partial charge in [0.1, 0.15) is 5.75 Å². The third-order valence-electron chi connectivity index (χ3n) is 3.89. The topological polar surface area (TPSA) is 64.3 Å². The van der Waals surface area contributed by atoms with Crippen molar-refractivity contribution in [1.29, 1.82) is 0 Å². The highest BCUT2D eigenvalue weighted by molar-refractivity contribution is 5.77. The number of fused-ring (bicyclic) bond motifs is 1. The Morgan fingerprint density at radius 3 is 3.00 bits per heavy atom. The number of nitrogens with one attached hydrogen (secondary N) is 1. The van der Waals surface area contributed by atoms with Crippen LogP contribution in [0.5, 0.6) is 5.75 Å². The molecule has 0 unspecified atom stereocenters. The molecule has 1 amide bonds. The fourth-order valence-electron chi connectivity index (χ4n) is 2.50. The van der Waals surface area contributed by atoms with Gasteiger partial charge in [-0.2, -0.15) is 0 Å². The van der Waals surface area contributed by atoms with Gasteiger partial charge in [0.25, 0.3) is 5.91 Å². The second kappa shape index (κ2) is 5.21. The van der Waals surface area contributed by atoms with Crippen LogP contribution in [-0.2, 0) is 11.2 Å². The number of carbonyl (C=O) groups is 1. The molecule has 0 spiro atoms. The Morgan fingerprint density at radius 2 is 2.21 bits per heavy atom. The number of hydrogen-bond acceptors (Lipinski definition) is 3. The van der Waals surface area contributed by atoms with Crippen LogP contribution in [0.15, 0.2) is 18.2 Å². The molecule has 1 aromatic carbocycles. The van der Waals surface area contributed by atoms with Gasteiger partial charge in [-0.1, -0.05) is 6.07 Å². The Bertz CT molecular complexity index is 483. The summed E-state index contributed by atoms with van der Waals surface area (Å²) < 4.78 is 5.53. The lowest BCUT2D eigenvalue weighted by Crippen LogP contribution is -2.30. The van der Waals surface area contributed by atoms with Gasteiger partial charge in [0.2, 0.25) is 0 Å². The maximum absolute atomic E-state index is 11.6. The summed E-state index contributed by atoms with van der Waals surface area (Å²) in [5.74, 6) is 1.42. The minimum absolute atomic E-state index is 0.0379. The molecule has 19 heavy (non-hydrogen) atoms. The van der Waals surface area contributed by atoms with Crippen LogP contribution in [0.25, 0.3) is 0 Å². The van der Waals surface area contributed by atoms with E-state index in [9.17, 15) is 4.79 Å². The van der Waals surface area contributed by atoms with Crippen LogP contribution < -0.4 is 15.8 Å². The SMILES string of the molecule is N[C@H]1CCc2cc(OCC(=O)NCC3CC3)ccc21. The average molecular weight is 260 g/mol. The van der Waals surface area contributed by atoms with Crippen molar-refractivity contribution in [3.63, 3.8) is 0 Å². The highest BCUT2D eigenvalue weighted by atomic mass is 16.5. The van der Waals surface area contributed by atoms with Crippen molar-refractivity contribution in [2.75, 3.05) is 13.2 Å². The van der Waals surface area contributed by atoms with E-state index >= 15 is 0 Å². The maximum atomic E-state index is 11.6. The number of ether oxygens (including phenoxy) is 1. The first-order valence-corrected chi connectivity index (χ1v) is 7.00. The Labute approximate surface area is 113 Å². The van der Waals surface area contributed by atoms with Crippen molar-refractivity contribution in [2.24, 2.45) is 11.7 Å². The van der Waals surface area contributed by atoms with Crippen LogP contribution in [0, 0.1) is 5.92 Å². The Kier molecular flexibility index (Phi) is 3.42. The van der Waals surface area contributed by atoms with E-state index < -0.39 is 0 Å². The van der Waals surface area contributed by atoms with Gasteiger partial charge in [-0.3, -0.25) is 4.79 Å². The number of carbonyl (C=O) groups excluding carboxylic acids is 1. The molecule has 2 aliphatic rings. The van der Waals surface area contributed by atoms with Gasteiger partial charge in [0, 0.05) is 12.6 Å². The number of benzene rings is 1. The summed E-state index contributed by atoms with van der Waals surface area (Å²) in [5.41, 5.74) is 8.45. The summed E-state index contributed by atoms with van der Waals surface area (Å²) in [6.45, 7) is 0.888. The minimum Gasteiger partial charge on any atom is -0.484 e. The zero-order valence-electron chi connectivity index (χ0n) is 11.0. The summed E-state index contributed by atoms with van der Waals surface area (Å²) in [6.07, 6.45) is 4.49. The predicted molar refractivity (Wildman–Crippen MR) is 72.9 cm³/mol. The third-order valence-corrected chi connectivity index (χ3v) is 3.89. The summed E-state index contributed by atoms with van der Waals surface area (Å²) in [4.78, 5) is 11.6. The Hall–Kier alpha value is -1.55. The van der Waals surface area contributed by atoms with Gasteiger partial charge in [-0.25, -0.2) is 0 Å². The number of hydrogen-bond donors (Lipinski definition) is 2. The number of nitrogens with two attached hydrogens (primary N) is 1. The summed E-state index contributed by atoms with van der Waals surface area (Å²) in [7, 11) is 0. The van der Waals surface area contributed by atoms with Gasteiger partial charge in [-0.15, -0.1) is 0 Å². The van der Waals surface area contributed by atoms with E-state index in [0.29, 0.717) is 5.92 Å². The van der Waals surface area contributed by atoms with Gasteiger partial charge in [0.15, 0.2) is 6.61 Å². The summed E-state index contributed by atoms with van der Waals surface area (Å²) >= 11 is 0. The lowest BCUT2D eigenvalue weighted by molar-refractivity contribution is -0.123. The molecule has 2 aliphatic carbocycles. The van der Waals surface area contributed by atoms with Gasteiger partial charge in [0.05, 0.1) is 0 Å². The maximum Gasteiger partial charge on any atom is 0.257 e. The van der Waals surface area contributed by atoms with E-state index in [2.05, 4.69) is 5.32 Å². The van der Waals surface area contributed by atoms with Crippen LogP contribution in [-0.4, -0.2) is 19.1 Å². The number of aryl methyl sites for hydroxylation is 1. The van der Waals surface area contributed by atoms with Crippen molar-refractivity contribution in [3.05, 3.63) is 29.3 Å². The van der Waals surface area contributed by atoms with Crippen LogP contribution >= 0.6 is 0 Å². The number of rotatable bonds is 5. The molecular weight excluding hydrogens is 240 g/mol. The van der Waals surface area contributed by atoms with E-state index in [1.165, 1.54) is 24.0 Å². The average Bonchev–Trinajstić information content (AvgIpc) is 3.18. The second-order valence-electron chi connectivity index (χ2n) is 5.54. The van der Waals surface area contributed by atoms with Crippen molar-refractivity contribution >= 4 is 5.91 Å². The molecule has 1 aromatic rings. The smallest absolute Gasteiger partial charge is 0.257 e. The van der Waals surface area contributed by atoms with E-state index in [1.54, 1.807) is 0 Å². The molecule has 0 radical (unpaired) electrons. The first kappa shape index (κ1) is 12.5. The molecule has 3 N–H and O–H groups in total. The van der Waals surface area contributed by atoms with Crippen LogP contribution in [0.4, 0.5) is 0 Å². The van der Waals surface area contributed by atoms with Gasteiger partial charge in [-0.05, 0) is 54.9 Å². The second-order valence-corrected chi connectivity index (χ2v) is 5.54. The molecule has 1 fully saturated rings. The monoisotopic (exact) mass is 260 g/mol. The quantitative estimate of drug-likeness (QED) is 0.844. The molecule has 0 heterocycles. The van der Waals surface area contributed by atoms with E-state index in [4.69, 9.17) is 10.5 Å². The zero-order chi connectivity index (χ0) is 13.2. The predicted octanol–water partition coefficient (Wildman–Crippen LogP) is 1.54. The normalized spacial score (nSPS) is 21.0. The van der Waals surface area contributed by atoms with Crippen molar-refractivity contribution in [1.82, 2.24) is 5.32 Å². The molecule has 4 heteroatoms. The van der Waals surface area contributed by atoms with Crippen molar-refractivity contribution in [2.45, 2.75) is 31.7 Å². The summed E-state index contributed by atoms with van der Waals surface area (Å²) in [6, 6.07) is 6.09. The first-order valence-electron chi connectivity index (χ1n) is 7.00. The highest BCUT2D eigenvalue weighted by Crippen LogP contribution is 2.31. The van der Waals surface area contributed by atoms with Crippen molar-refractivity contribution < 1.29 is 9.53 Å². The van der Waals surface area contributed by atoms with Gasteiger partial charge >= 0.3 is 0 Å². The lowest BCUT2D eigenvalue weighted by atomic mass is 10.1. The first-order chi connectivity index (χ1) is 9.22.